The molecule has 88 valence electrons. The van der Waals surface area contributed by atoms with Gasteiger partial charge in [0.05, 0.1) is 0 Å². The molecule has 0 spiro atoms. The lowest BCUT2D eigenvalue weighted by atomic mass is 10.1. The molecule has 1 atom stereocenters. The molecule has 1 nitrogen and oxygen atoms in total. The lowest BCUT2D eigenvalue weighted by molar-refractivity contribution is 0.883. The van der Waals surface area contributed by atoms with Gasteiger partial charge in [-0.3, -0.25) is 0 Å². The minimum Gasteiger partial charge on any atom is -0.379 e. The minimum absolute atomic E-state index is 0.331. The standard InChI is InChI=1S/C16H19N/c1-12-7-9-16(10-8-12)17-14(3)15-6-4-5-13(2)11-15/h4-11,14,17H,1-3H3. The molecule has 0 amide bonds. The van der Waals surface area contributed by atoms with Crippen LogP contribution in [0.25, 0.3) is 0 Å². The molecule has 0 fully saturated rings. The van der Waals surface area contributed by atoms with Crippen LogP contribution in [0.3, 0.4) is 0 Å². The largest absolute Gasteiger partial charge is 0.379 e. The molecule has 2 aromatic carbocycles. The van der Waals surface area contributed by atoms with Gasteiger partial charge in [0.15, 0.2) is 0 Å². The molecule has 1 N–H and O–H groups in total. The molecule has 17 heavy (non-hydrogen) atoms. The molecule has 2 rings (SSSR count). The lowest BCUT2D eigenvalue weighted by Crippen LogP contribution is -2.06. The first-order chi connectivity index (χ1) is 8.15. The Morgan fingerprint density at radius 3 is 2.24 bits per heavy atom. The topological polar surface area (TPSA) is 12.0 Å². The number of hydrogen-bond acceptors (Lipinski definition) is 1. The van der Waals surface area contributed by atoms with Gasteiger partial charge < -0.3 is 5.32 Å². The van der Waals surface area contributed by atoms with Gasteiger partial charge in [0.2, 0.25) is 0 Å². The van der Waals surface area contributed by atoms with Gasteiger partial charge >= 0.3 is 0 Å². The second kappa shape index (κ2) is 5.05. The van der Waals surface area contributed by atoms with Crippen LogP contribution in [0.4, 0.5) is 5.69 Å². The van der Waals surface area contributed by atoms with Crippen molar-refractivity contribution in [3.63, 3.8) is 0 Å². The molecule has 0 bridgehead atoms. The number of aryl methyl sites for hydroxylation is 2. The van der Waals surface area contributed by atoms with E-state index in [-0.39, 0.29) is 0 Å². The van der Waals surface area contributed by atoms with Crippen LogP contribution in [0, 0.1) is 13.8 Å². The second-order valence-corrected chi connectivity index (χ2v) is 4.65. The van der Waals surface area contributed by atoms with E-state index in [1.165, 1.54) is 22.4 Å². The summed E-state index contributed by atoms with van der Waals surface area (Å²) >= 11 is 0. The summed E-state index contributed by atoms with van der Waals surface area (Å²) in [5.74, 6) is 0. The van der Waals surface area contributed by atoms with Gasteiger partial charge in [0.1, 0.15) is 0 Å². The average Bonchev–Trinajstić information content (AvgIpc) is 2.32. The van der Waals surface area contributed by atoms with Crippen molar-refractivity contribution in [1.29, 1.82) is 0 Å². The van der Waals surface area contributed by atoms with Crippen LogP contribution in [0.5, 0.6) is 0 Å². The van der Waals surface area contributed by atoms with E-state index in [9.17, 15) is 0 Å². The van der Waals surface area contributed by atoms with Crippen LogP contribution in [-0.4, -0.2) is 0 Å². The summed E-state index contributed by atoms with van der Waals surface area (Å²) < 4.78 is 0. The Balaban J connectivity index is 2.11. The zero-order valence-corrected chi connectivity index (χ0v) is 10.7. The maximum absolute atomic E-state index is 3.51. The summed E-state index contributed by atoms with van der Waals surface area (Å²) in [6.07, 6.45) is 0. The monoisotopic (exact) mass is 225 g/mol. The molecule has 0 saturated heterocycles. The Kier molecular flexibility index (Phi) is 3.48. The predicted octanol–water partition coefficient (Wildman–Crippen LogP) is 4.48. The maximum Gasteiger partial charge on any atom is 0.0485 e. The van der Waals surface area contributed by atoms with Crippen molar-refractivity contribution in [3.8, 4) is 0 Å². The highest BCUT2D eigenvalue weighted by atomic mass is 14.9. The van der Waals surface area contributed by atoms with Gasteiger partial charge in [-0.2, -0.15) is 0 Å². The van der Waals surface area contributed by atoms with Crippen LogP contribution < -0.4 is 5.32 Å². The Labute approximate surface area is 103 Å². The third kappa shape index (κ3) is 3.10. The van der Waals surface area contributed by atoms with Gasteiger partial charge in [0.25, 0.3) is 0 Å². The van der Waals surface area contributed by atoms with Gasteiger partial charge in [0, 0.05) is 11.7 Å². The third-order valence-electron chi connectivity index (χ3n) is 2.98. The fraction of sp³-hybridized carbons (Fsp3) is 0.250. The van der Waals surface area contributed by atoms with Crippen molar-refractivity contribution in [2.24, 2.45) is 0 Å². The zero-order chi connectivity index (χ0) is 12.3. The summed E-state index contributed by atoms with van der Waals surface area (Å²) in [5, 5.41) is 3.51. The van der Waals surface area contributed by atoms with E-state index in [1.54, 1.807) is 0 Å². The second-order valence-electron chi connectivity index (χ2n) is 4.65. The maximum atomic E-state index is 3.51. The number of rotatable bonds is 3. The fourth-order valence-corrected chi connectivity index (χ4v) is 1.92. The van der Waals surface area contributed by atoms with Crippen molar-refractivity contribution in [2.45, 2.75) is 26.8 Å². The summed E-state index contributed by atoms with van der Waals surface area (Å²) in [6, 6.07) is 17.5. The number of benzene rings is 2. The molecule has 0 aliphatic carbocycles. The van der Waals surface area contributed by atoms with E-state index < -0.39 is 0 Å². The summed E-state index contributed by atoms with van der Waals surface area (Å²) in [5.41, 5.74) is 5.09. The normalized spacial score (nSPS) is 12.2. The molecule has 0 saturated carbocycles. The average molecular weight is 225 g/mol. The first-order valence-corrected chi connectivity index (χ1v) is 6.05. The fourth-order valence-electron chi connectivity index (χ4n) is 1.92. The van der Waals surface area contributed by atoms with Crippen LogP contribution in [-0.2, 0) is 0 Å². The van der Waals surface area contributed by atoms with Crippen molar-refractivity contribution in [2.75, 3.05) is 5.32 Å². The predicted molar refractivity (Wildman–Crippen MR) is 74.4 cm³/mol. The molecule has 0 aliphatic heterocycles. The Morgan fingerprint density at radius 1 is 0.882 bits per heavy atom. The Morgan fingerprint density at radius 2 is 1.59 bits per heavy atom. The number of hydrogen-bond donors (Lipinski definition) is 1. The molecule has 2 aromatic rings. The minimum atomic E-state index is 0.331. The van der Waals surface area contributed by atoms with Gasteiger partial charge in [-0.05, 0) is 38.5 Å². The van der Waals surface area contributed by atoms with Crippen LogP contribution in [0.2, 0.25) is 0 Å². The first-order valence-electron chi connectivity index (χ1n) is 6.05. The van der Waals surface area contributed by atoms with E-state index in [1.807, 2.05) is 0 Å². The highest BCUT2D eigenvalue weighted by molar-refractivity contribution is 5.46. The van der Waals surface area contributed by atoms with Crippen LogP contribution in [0.15, 0.2) is 48.5 Å². The van der Waals surface area contributed by atoms with E-state index in [4.69, 9.17) is 0 Å². The van der Waals surface area contributed by atoms with Gasteiger partial charge in [-0.15, -0.1) is 0 Å². The van der Waals surface area contributed by atoms with Crippen molar-refractivity contribution in [3.05, 3.63) is 65.2 Å². The van der Waals surface area contributed by atoms with Gasteiger partial charge in [-0.1, -0.05) is 47.5 Å². The highest BCUT2D eigenvalue weighted by Crippen LogP contribution is 2.20. The lowest BCUT2D eigenvalue weighted by Gasteiger charge is -2.16. The Bertz CT molecular complexity index is 485. The molecule has 0 radical (unpaired) electrons. The zero-order valence-electron chi connectivity index (χ0n) is 10.7. The van der Waals surface area contributed by atoms with Crippen LogP contribution >= 0.6 is 0 Å². The SMILES string of the molecule is Cc1ccc(NC(C)c2cccc(C)c2)cc1. The smallest absolute Gasteiger partial charge is 0.0485 e. The summed E-state index contributed by atoms with van der Waals surface area (Å²) in [7, 11) is 0. The molecular weight excluding hydrogens is 206 g/mol. The first kappa shape index (κ1) is 11.7. The van der Waals surface area contributed by atoms with E-state index in [0.29, 0.717) is 6.04 Å². The van der Waals surface area contributed by atoms with Gasteiger partial charge in [-0.25, -0.2) is 0 Å². The van der Waals surface area contributed by atoms with E-state index in [2.05, 4.69) is 74.6 Å². The van der Waals surface area contributed by atoms with Crippen LogP contribution in [0.1, 0.15) is 29.7 Å². The molecule has 0 aromatic heterocycles. The number of anilines is 1. The van der Waals surface area contributed by atoms with Crippen molar-refractivity contribution < 1.29 is 0 Å². The summed E-state index contributed by atoms with van der Waals surface area (Å²) in [6.45, 7) is 6.42. The van der Waals surface area contributed by atoms with E-state index in [0.717, 1.165) is 0 Å². The quantitative estimate of drug-likeness (QED) is 0.812. The molecule has 0 aliphatic rings. The molecule has 1 heteroatoms. The third-order valence-corrected chi connectivity index (χ3v) is 2.98. The summed E-state index contributed by atoms with van der Waals surface area (Å²) in [4.78, 5) is 0. The molecule has 1 unspecified atom stereocenters. The molecular formula is C16H19N. The number of nitrogens with one attached hydrogen (secondary N) is 1. The van der Waals surface area contributed by atoms with E-state index >= 15 is 0 Å². The van der Waals surface area contributed by atoms with Crippen molar-refractivity contribution in [1.82, 2.24) is 0 Å². The Hall–Kier alpha value is -1.76. The highest BCUT2D eigenvalue weighted by Gasteiger charge is 2.04. The van der Waals surface area contributed by atoms with Crippen molar-refractivity contribution >= 4 is 5.69 Å². The molecule has 0 heterocycles.